The van der Waals surface area contributed by atoms with Gasteiger partial charge in [0.2, 0.25) is 5.91 Å². The van der Waals surface area contributed by atoms with Gasteiger partial charge in [0.15, 0.2) is 0 Å². The smallest absolute Gasteiger partial charge is 0.309 e. The molecular formula is C16H22FNO4. The van der Waals surface area contributed by atoms with E-state index in [1.54, 1.807) is 26.0 Å². The van der Waals surface area contributed by atoms with Gasteiger partial charge in [-0.25, -0.2) is 4.39 Å². The van der Waals surface area contributed by atoms with Gasteiger partial charge in [0, 0.05) is 19.0 Å². The lowest BCUT2D eigenvalue weighted by molar-refractivity contribution is -0.147. The zero-order valence-corrected chi connectivity index (χ0v) is 12.9. The minimum Gasteiger partial charge on any atom is -0.493 e. The van der Waals surface area contributed by atoms with E-state index >= 15 is 0 Å². The summed E-state index contributed by atoms with van der Waals surface area (Å²) in [5.41, 5.74) is -0.853. The number of aliphatic carboxylic acids is 1. The van der Waals surface area contributed by atoms with Crippen LogP contribution in [0.3, 0.4) is 0 Å². The summed E-state index contributed by atoms with van der Waals surface area (Å²) < 4.78 is 18.2. The SMILES string of the molecule is CC(C)(CCNC(=O)CCCOc1cccc(F)c1)C(=O)O. The molecule has 0 aliphatic rings. The van der Waals surface area contributed by atoms with E-state index in [4.69, 9.17) is 9.84 Å². The molecule has 1 aromatic rings. The first-order valence-corrected chi connectivity index (χ1v) is 7.20. The van der Waals surface area contributed by atoms with Gasteiger partial charge in [-0.15, -0.1) is 0 Å². The quantitative estimate of drug-likeness (QED) is 0.687. The van der Waals surface area contributed by atoms with Gasteiger partial charge in [-0.1, -0.05) is 6.07 Å². The molecule has 0 bridgehead atoms. The van der Waals surface area contributed by atoms with Crippen molar-refractivity contribution in [2.45, 2.75) is 33.1 Å². The van der Waals surface area contributed by atoms with Crippen LogP contribution in [-0.4, -0.2) is 30.1 Å². The van der Waals surface area contributed by atoms with Crippen LogP contribution in [0.15, 0.2) is 24.3 Å². The second-order valence-corrected chi connectivity index (χ2v) is 5.70. The van der Waals surface area contributed by atoms with Gasteiger partial charge in [0.1, 0.15) is 11.6 Å². The monoisotopic (exact) mass is 311 g/mol. The highest BCUT2D eigenvalue weighted by atomic mass is 19.1. The van der Waals surface area contributed by atoms with E-state index in [9.17, 15) is 14.0 Å². The predicted molar refractivity (Wildman–Crippen MR) is 80.2 cm³/mol. The van der Waals surface area contributed by atoms with Crippen molar-refractivity contribution in [1.29, 1.82) is 0 Å². The van der Waals surface area contributed by atoms with Crippen molar-refractivity contribution in [2.75, 3.05) is 13.2 Å². The first-order valence-electron chi connectivity index (χ1n) is 7.20. The third-order valence-electron chi connectivity index (χ3n) is 3.26. The van der Waals surface area contributed by atoms with Gasteiger partial charge in [-0.2, -0.15) is 0 Å². The Bertz CT molecular complexity index is 517. The molecule has 0 aliphatic heterocycles. The predicted octanol–water partition coefficient (Wildman–Crippen LogP) is 2.60. The van der Waals surface area contributed by atoms with Gasteiger partial charge < -0.3 is 15.2 Å². The molecule has 5 nitrogen and oxygen atoms in total. The number of carboxylic acids is 1. The fourth-order valence-corrected chi connectivity index (χ4v) is 1.69. The van der Waals surface area contributed by atoms with Crippen molar-refractivity contribution < 1.29 is 23.8 Å². The van der Waals surface area contributed by atoms with Crippen molar-refractivity contribution in [3.63, 3.8) is 0 Å². The van der Waals surface area contributed by atoms with E-state index in [0.717, 1.165) is 0 Å². The van der Waals surface area contributed by atoms with Crippen molar-refractivity contribution in [2.24, 2.45) is 5.41 Å². The van der Waals surface area contributed by atoms with E-state index in [2.05, 4.69) is 5.32 Å². The third kappa shape index (κ3) is 6.56. The van der Waals surface area contributed by atoms with Gasteiger partial charge >= 0.3 is 5.97 Å². The first kappa shape index (κ1) is 17.9. The van der Waals surface area contributed by atoms with E-state index in [-0.39, 0.29) is 18.1 Å². The molecule has 6 heteroatoms. The highest BCUT2D eigenvalue weighted by Gasteiger charge is 2.26. The Balaban J connectivity index is 2.15. The minimum absolute atomic E-state index is 0.149. The molecule has 122 valence electrons. The Morgan fingerprint density at radius 3 is 2.73 bits per heavy atom. The van der Waals surface area contributed by atoms with Crippen molar-refractivity contribution in [1.82, 2.24) is 5.32 Å². The number of hydrogen-bond donors (Lipinski definition) is 2. The maximum absolute atomic E-state index is 12.9. The van der Waals surface area contributed by atoms with Gasteiger partial charge in [0.05, 0.1) is 12.0 Å². The van der Waals surface area contributed by atoms with Gasteiger partial charge in [-0.05, 0) is 38.8 Å². The van der Waals surface area contributed by atoms with Crippen LogP contribution >= 0.6 is 0 Å². The number of carboxylic acid groups (broad SMARTS) is 1. The molecular weight excluding hydrogens is 289 g/mol. The number of nitrogens with one attached hydrogen (secondary N) is 1. The Kier molecular flexibility index (Phi) is 6.82. The molecule has 0 aliphatic carbocycles. The molecule has 0 atom stereocenters. The molecule has 2 N–H and O–H groups in total. The van der Waals surface area contributed by atoms with Crippen LogP contribution in [0.4, 0.5) is 4.39 Å². The molecule has 0 radical (unpaired) electrons. The van der Waals surface area contributed by atoms with Gasteiger partial charge in [-0.3, -0.25) is 9.59 Å². The number of hydrogen-bond acceptors (Lipinski definition) is 3. The molecule has 0 fully saturated rings. The number of carbonyl (C=O) groups excluding carboxylic acids is 1. The molecule has 0 unspecified atom stereocenters. The maximum Gasteiger partial charge on any atom is 0.309 e. The second-order valence-electron chi connectivity index (χ2n) is 5.70. The van der Waals surface area contributed by atoms with E-state index in [0.29, 0.717) is 31.7 Å². The summed E-state index contributed by atoms with van der Waals surface area (Å²) >= 11 is 0. The highest BCUT2D eigenvalue weighted by molar-refractivity contribution is 5.76. The van der Waals surface area contributed by atoms with Crippen molar-refractivity contribution in [3.05, 3.63) is 30.1 Å². The summed E-state index contributed by atoms with van der Waals surface area (Å²) in [7, 11) is 0. The molecule has 0 spiro atoms. The summed E-state index contributed by atoms with van der Waals surface area (Å²) in [5, 5.41) is 11.6. The molecule has 0 saturated heterocycles. The third-order valence-corrected chi connectivity index (χ3v) is 3.26. The molecule has 1 aromatic carbocycles. The van der Waals surface area contributed by atoms with Crippen LogP contribution < -0.4 is 10.1 Å². The van der Waals surface area contributed by atoms with Crippen molar-refractivity contribution >= 4 is 11.9 Å². The molecule has 1 amide bonds. The van der Waals surface area contributed by atoms with E-state index in [1.165, 1.54) is 12.1 Å². The summed E-state index contributed by atoms with van der Waals surface area (Å²) in [6.07, 6.45) is 1.15. The molecule has 0 heterocycles. The van der Waals surface area contributed by atoms with Crippen LogP contribution in [0.1, 0.15) is 33.1 Å². The lowest BCUT2D eigenvalue weighted by Gasteiger charge is -2.18. The molecule has 22 heavy (non-hydrogen) atoms. The molecule has 1 rings (SSSR count). The Labute approximate surface area is 129 Å². The summed E-state index contributed by atoms with van der Waals surface area (Å²) in [5.74, 6) is -0.964. The number of carbonyl (C=O) groups is 2. The lowest BCUT2D eigenvalue weighted by Crippen LogP contribution is -2.31. The molecule has 0 saturated carbocycles. The lowest BCUT2D eigenvalue weighted by atomic mass is 9.90. The van der Waals surface area contributed by atoms with Crippen LogP contribution in [0.5, 0.6) is 5.75 Å². The van der Waals surface area contributed by atoms with Crippen LogP contribution in [0.25, 0.3) is 0 Å². The Hall–Kier alpha value is -2.11. The van der Waals surface area contributed by atoms with Crippen molar-refractivity contribution in [3.8, 4) is 5.75 Å². The Morgan fingerprint density at radius 1 is 1.36 bits per heavy atom. The zero-order valence-electron chi connectivity index (χ0n) is 12.9. The first-order chi connectivity index (χ1) is 10.3. The van der Waals surface area contributed by atoms with E-state index in [1.807, 2.05) is 0 Å². The van der Waals surface area contributed by atoms with Gasteiger partial charge in [0.25, 0.3) is 0 Å². The fourth-order valence-electron chi connectivity index (χ4n) is 1.69. The summed E-state index contributed by atoms with van der Waals surface area (Å²) in [6.45, 7) is 3.88. The number of halogens is 1. The molecule has 0 aromatic heterocycles. The number of rotatable bonds is 9. The average molecular weight is 311 g/mol. The zero-order chi connectivity index (χ0) is 16.6. The van der Waals surface area contributed by atoms with E-state index < -0.39 is 11.4 Å². The largest absolute Gasteiger partial charge is 0.493 e. The minimum atomic E-state index is -0.884. The average Bonchev–Trinajstić information content (AvgIpc) is 2.43. The topological polar surface area (TPSA) is 75.6 Å². The highest BCUT2D eigenvalue weighted by Crippen LogP contribution is 2.19. The number of ether oxygens (including phenoxy) is 1. The Morgan fingerprint density at radius 2 is 2.09 bits per heavy atom. The van der Waals surface area contributed by atoms with Crippen LogP contribution in [-0.2, 0) is 9.59 Å². The summed E-state index contributed by atoms with van der Waals surface area (Å²) in [4.78, 5) is 22.5. The normalized spacial score (nSPS) is 11.0. The second kappa shape index (κ2) is 8.36. The van der Waals surface area contributed by atoms with Crippen LogP contribution in [0.2, 0.25) is 0 Å². The standard InChI is InChI=1S/C16H22FNO4/c1-16(2,15(20)21)8-9-18-14(19)7-4-10-22-13-6-3-5-12(17)11-13/h3,5-6,11H,4,7-10H2,1-2H3,(H,18,19)(H,20,21). The fraction of sp³-hybridized carbons (Fsp3) is 0.500. The number of amides is 1. The summed E-state index contributed by atoms with van der Waals surface area (Å²) in [6, 6.07) is 5.83. The number of benzene rings is 1. The maximum atomic E-state index is 12.9. The van der Waals surface area contributed by atoms with Crippen LogP contribution in [0, 0.1) is 11.2 Å².